The van der Waals surface area contributed by atoms with Gasteiger partial charge in [-0.25, -0.2) is 0 Å². The van der Waals surface area contributed by atoms with Crippen molar-refractivity contribution in [3.05, 3.63) is 35.4 Å². The summed E-state index contributed by atoms with van der Waals surface area (Å²) in [6.07, 6.45) is 0. The fourth-order valence-corrected chi connectivity index (χ4v) is 0.999. The third kappa shape index (κ3) is 2.33. The number of hydrogen-bond acceptors (Lipinski definition) is 2. The smallest absolute Gasteiger partial charge is 0.0934 e. The maximum Gasteiger partial charge on any atom is 0.0934 e. The molecule has 0 saturated heterocycles. The number of aliphatic hydroxyl groups is 1. The molecule has 1 aromatic rings. The zero-order chi connectivity index (χ0) is 8.10. The molecule has 60 valence electrons. The lowest BCUT2D eigenvalue weighted by Crippen LogP contribution is -2.14. The first-order chi connectivity index (χ1) is 5.34. The topological polar surface area (TPSA) is 32.3 Å². The van der Waals surface area contributed by atoms with Crippen molar-refractivity contribution in [3.8, 4) is 0 Å². The van der Waals surface area contributed by atoms with Gasteiger partial charge in [0.15, 0.2) is 0 Å². The first-order valence-electron chi connectivity index (χ1n) is 3.70. The highest BCUT2D eigenvalue weighted by molar-refractivity contribution is 5.25. The third-order valence-electron chi connectivity index (χ3n) is 1.69. The van der Waals surface area contributed by atoms with E-state index in [1.807, 2.05) is 12.1 Å². The molecular formula is C9H13NO. The summed E-state index contributed by atoms with van der Waals surface area (Å²) in [5, 5.41) is 11.4. The normalized spacial score (nSPS) is 10.0. The van der Waals surface area contributed by atoms with E-state index < -0.39 is 0 Å². The van der Waals surface area contributed by atoms with Gasteiger partial charge in [-0.05, 0) is 18.1 Å². The summed E-state index contributed by atoms with van der Waals surface area (Å²) >= 11 is 0. The van der Waals surface area contributed by atoms with Crippen molar-refractivity contribution in [2.75, 3.05) is 6.73 Å². The monoisotopic (exact) mass is 151 g/mol. The van der Waals surface area contributed by atoms with Crippen molar-refractivity contribution in [1.82, 2.24) is 5.32 Å². The van der Waals surface area contributed by atoms with Crippen LogP contribution in [0.5, 0.6) is 0 Å². The third-order valence-corrected chi connectivity index (χ3v) is 1.69. The van der Waals surface area contributed by atoms with Gasteiger partial charge in [0.05, 0.1) is 6.73 Å². The molecule has 1 aromatic carbocycles. The van der Waals surface area contributed by atoms with Crippen LogP contribution in [-0.4, -0.2) is 11.8 Å². The van der Waals surface area contributed by atoms with Gasteiger partial charge in [-0.3, -0.25) is 5.32 Å². The maximum absolute atomic E-state index is 8.51. The number of rotatable bonds is 3. The second kappa shape index (κ2) is 4.11. The molecule has 0 unspecified atom stereocenters. The molecule has 2 N–H and O–H groups in total. The zero-order valence-electron chi connectivity index (χ0n) is 6.67. The molecule has 0 aliphatic carbocycles. The molecule has 0 aromatic heterocycles. The van der Waals surface area contributed by atoms with Gasteiger partial charge in [0.25, 0.3) is 0 Å². The molecule has 0 aliphatic heterocycles. The average Bonchev–Trinajstić information content (AvgIpc) is 2.03. The van der Waals surface area contributed by atoms with E-state index in [1.165, 1.54) is 11.1 Å². The number of nitrogens with one attached hydrogen (secondary N) is 1. The first kappa shape index (κ1) is 8.24. The van der Waals surface area contributed by atoms with Crippen LogP contribution < -0.4 is 5.32 Å². The summed E-state index contributed by atoms with van der Waals surface area (Å²) in [4.78, 5) is 0. The molecule has 11 heavy (non-hydrogen) atoms. The van der Waals surface area contributed by atoms with E-state index in [2.05, 4.69) is 24.4 Å². The summed E-state index contributed by atoms with van der Waals surface area (Å²) in [7, 11) is 0. The summed E-state index contributed by atoms with van der Waals surface area (Å²) in [6, 6.07) is 8.13. The second-order valence-corrected chi connectivity index (χ2v) is 2.51. The fraction of sp³-hybridized carbons (Fsp3) is 0.333. The molecule has 0 radical (unpaired) electrons. The lowest BCUT2D eigenvalue weighted by atomic mass is 10.1. The van der Waals surface area contributed by atoms with Crippen molar-refractivity contribution in [3.63, 3.8) is 0 Å². The van der Waals surface area contributed by atoms with Crippen LogP contribution in [0.25, 0.3) is 0 Å². The molecule has 0 bridgehead atoms. The number of aliphatic hydroxyl groups excluding tert-OH is 1. The van der Waals surface area contributed by atoms with Gasteiger partial charge in [0, 0.05) is 6.54 Å². The Morgan fingerprint density at radius 1 is 1.36 bits per heavy atom. The minimum Gasteiger partial charge on any atom is -0.381 e. The summed E-state index contributed by atoms with van der Waals surface area (Å²) in [6.45, 7) is 2.84. The quantitative estimate of drug-likeness (QED) is 0.632. The molecular weight excluding hydrogens is 138 g/mol. The van der Waals surface area contributed by atoms with E-state index in [0.29, 0.717) is 0 Å². The van der Waals surface area contributed by atoms with Crippen molar-refractivity contribution in [1.29, 1.82) is 0 Å². The predicted octanol–water partition coefficient (Wildman–Crippen LogP) is 1.03. The first-order valence-corrected chi connectivity index (χ1v) is 3.70. The van der Waals surface area contributed by atoms with Crippen LogP contribution in [0.15, 0.2) is 24.3 Å². The van der Waals surface area contributed by atoms with Crippen molar-refractivity contribution >= 4 is 0 Å². The van der Waals surface area contributed by atoms with E-state index in [9.17, 15) is 0 Å². The lowest BCUT2D eigenvalue weighted by molar-refractivity contribution is 0.259. The Labute approximate surface area is 66.9 Å². The van der Waals surface area contributed by atoms with E-state index in [1.54, 1.807) is 0 Å². The highest BCUT2D eigenvalue weighted by Crippen LogP contribution is 2.05. The van der Waals surface area contributed by atoms with Crippen LogP contribution in [-0.2, 0) is 6.54 Å². The number of benzene rings is 1. The summed E-state index contributed by atoms with van der Waals surface area (Å²) < 4.78 is 0. The van der Waals surface area contributed by atoms with Crippen molar-refractivity contribution < 1.29 is 5.11 Å². The van der Waals surface area contributed by atoms with E-state index in [4.69, 9.17) is 5.11 Å². The van der Waals surface area contributed by atoms with Crippen LogP contribution in [0.2, 0.25) is 0 Å². The molecule has 0 atom stereocenters. The molecule has 0 saturated carbocycles. The zero-order valence-corrected chi connectivity index (χ0v) is 6.67. The lowest BCUT2D eigenvalue weighted by Gasteiger charge is -2.04. The summed E-state index contributed by atoms with van der Waals surface area (Å²) in [5.41, 5.74) is 2.50. The minimum atomic E-state index is 0.0360. The van der Waals surface area contributed by atoms with Gasteiger partial charge in [0.2, 0.25) is 0 Å². The van der Waals surface area contributed by atoms with Gasteiger partial charge in [-0.1, -0.05) is 24.3 Å². The molecule has 2 heteroatoms. The van der Waals surface area contributed by atoms with Crippen molar-refractivity contribution in [2.45, 2.75) is 13.5 Å². The number of hydrogen-bond donors (Lipinski definition) is 2. The Morgan fingerprint density at radius 2 is 2.09 bits per heavy atom. The Morgan fingerprint density at radius 3 is 2.73 bits per heavy atom. The Hall–Kier alpha value is -0.860. The molecule has 2 nitrogen and oxygen atoms in total. The van der Waals surface area contributed by atoms with Gasteiger partial charge < -0.3 is 5.11 Å². The predicted molar refractivity (Wildman–Crippen MR) is 45.1 cm³/mol. The highest BCUT2D eigenvalue weighted by Gasteiger charge is 1.93. The SMILES string of the molecule is Cc1ccccc1CNCO. The Kier molecular flexibility index (Phi) is 3.08. The Bertz CT molecular complexity index is 223. The van der Waals surface area contributed by atoms with Crippen LogP contribution >= 0.6 is 0 Å². The van der Waals surface area contributed by atoms with Crippen LogP contribution in [0.3, 0.4) is 0 Å². The van der Waals surface area contributed by atoms with Gasteiger partial charge in [-0.2, -0.15) is 0 Å². The highest BCUT2D eigenvalue weighted by atomic mass is 16.3. The average molecular weight is 151 g/mol. The van der Waals surface area contributed by atoms with E-state index in [0.717, 1.165) is 6.54 Å². The largest absolute Gasteiger partial charge is 0.381 e. The molecule has 1 rings (SSSR count). The van der Waals surface area contributed by atoms with Gasteiger partial charge >= 0.3 is 0 Å². The maximum atomic E-state index is 8.51. The molecule has 0 fully saturated rings. The molecule has 0 aliphatic rings. The summed E-state index contributed by atoms with van der Waals surface area (Å²) in [5.74, 6) is 0. The molecule has 0 amide bonds. The van der Waals surface area contributed by atoms with Crippen LogP contribution in [0, 0.1) is 6.92 Å². The van der Waals surface area contributed by atoms with Gasteiger partial charge in [-0.15, -0.1) is 0 Å². The minimum absolute atomic E-state index is 0.0360. The van der Waals surface area contributed by atoms with Crippen LogP contribution in [0.4, 0.5) is 0 Å². The second-order valence-electron chi connectivity index (χ2n) is 2.51. The van der Waals surface area contributed by atoms with E-state index in [-0.39, 0.29) is 6.73 Å². The molecule has 0 spiro atoms. The van der Waals surface area contributed by atoms with E-state index >= 15 is 0 Å². The van der Waals surface area contributed by atoms with Gasteiger partial charge in [0.1, 0.15) is 0 Å². The van der Waals surface area contributed by atoms with Crippen molar-refractivity contribution in [2.24, 2.45) is 0 Å². The fourth-order valence-electron chi connectivity index (χ4n) is 0.999. The number of aryl methyl sites for hydroxylation is 1. The van der Waals surface area contributed by atoms with Crippen LogP contribution in [0.1, 0.15) is 11.1 Å². The molecule has 0 heterocycles. The standard InChI is InChI=1S/C9H13NO/c1-8-4-2-3-5-9(8)6-10-7-11/h2-5,10-11H,6-7H2,1H3. The Balaban J connectivity index is 2.62.